The SMILES string of the molecule is COC(=O)c1ccc(CSc2nnc(NCCc3cccs3)s2)cc1. The summed E-state index contributed by atoms with van der Waals surface area (Å²) in [5.74, 6) is 0.465. The zero-order chi connectivity index (χ0) is 17.5. The fourth-order valence-electron chi connectivity index (χ4n) is 2.09. The van der Waals surface area contributed by atoms with Gasteiger partial charge in [0, 0.05) is 17.2 Å². The fraction of sp³-hybridized carbons (Fsp3) is 0.235. The summed E-state index contributed by atoms with van der Waals surface area (Å²) in [4.78, 5) is 12.8. The number of hydrogen-bond acceptors (Lipinski definition) is 8. The van der Waals surface area contributed by atoms with Crippen LogP contribution >= 0.6 is 34.4 Å². The maximum Gasteiger partial charge on any atom is 0.337 e. The van der Waals surface area contributed by atoms with Crippen LogP contribution in [0.1, 0.15) is 20.8 Å². The molecule has 1 aromatic carbocycles. The van der Waals surface area contributed by atoms with E-state index in [1.165, 1.54) is 12.0 Å². The van der Waals surface area contributed by atoms with Gasteiger partial charge in [-0.1, -0.05) is 41.3 Å². The first kappa shape index (κ1) is 17.9. The standard InChI is InChI=1S/C17H17N3O2S3/c1-22-15(21)13-6-4-12(5-7-13)11-24-17-20-19-16(25-17)18-9-8-14-3-2-10-23-14/h2-7,10H,8-9,11H2,1H3,(H,18,19). The van der Waals surface area contributed by atoms with Crippen molar-refractivity contribution < 1.29 is 9.53 Å². The lowest BCUT2D eigenvalue weighted by atomic mass is 10.1. The van der Waals surface area contributed by atoms with Gasteiger partial charge < -0.3 is 10.1 Å². The summed E-state index contributed by atoms with van der Waals surface area (Å²) in [7, 11) is 1.38. The molecule has 0 aliphatic rings. The number of benzene rings is 1. The molecule has 130 valence electrons. The average molecular weight is 392 g/mol. The molecule has 1 N–H and O–H groups in total. The van der Waals surface area contributed by atoms with E-state index in [0.29, 0.717) is 5.56 Å². The van der Waals surface area contributed by atoms with Gasteiger partial charge in [-0.25, -0.2) is 4.79 Å². The second-order valence-electron chi connectivity index (χ2n) is 5.11. The van der Waals surface area contributed by atoms with E-state index >= 15 is 0 Å². The van der Waals surface area contributed by atoms with E-state index in [4.69, 9.17) is 4.74 Å². The highest BCUT2D eigenvalue weighted by atomic mass is 32.2. The number of anilines is 1. The zero-order valence-corrected chi connectivity index (χ0v) is 16.0. The molecule has 2 heterocycles. The molecule has 8 heteroatoms. The van der Waals surface area contributed by atoms with Gasteiger partial charge >= 0.3 is 5.97 Å². The van der Waals surface area contributed by atoms with Gasteiger partial charge in [-0.05, 0) is 35.6 Å². The van der Waals surface area contributed by atoms with E-state index < -0.39 is 0 Å². The average Bonchev–Trinajstić information content (AvgIpc) is 3.32. The van der Waals surface area contributed by atoms with Gasteiger partial charge in [-0.3, -0.25) is 0 Å². The fourth-order valence-corrected chi connectivity index (χ4v) is 4.53. The van der Waals surface area contributed by atoms with Crippen LogP contribution in [0, 0.1) is 0 Å². The third-order valence-electron chi connectivity index (χ3n) is 3.37. The second-order valence-corrected chi connectivity index (χ2v) is 8.34. The number of carbonyl (C=O) groups is 1. The van der Waals surface area contributed by atoms with E-state index in [-0.39, 0.29) is 5.97 Å². The Hall–Kier alpha value is -1.90. The molecule has 25 heavy (non-hydrogen) atoms. The minimum absolute atomic E-state index is 0.318. The van der Waals surface area contributed by atoms with Crippen molar-refractivity contribution in [1.82, 2.24) is 10.2 Å². The lowest BCUT2D eigenvalue weighted by molar-refractivity contribution is 0.0600. The lowest BCUT2D eigenvalue weighted by Crippen LogP contribution is -2.03. The van der Waals surface area contributed by atoms with E-state index in [0.717, 1.165) is 33.8 Å². The number of carbonyl (C=O) groups excluding carboxylic acids is 1. The molecule has 0 atom stereocenters. The first-order valence-electron chi connectivity index (χ1n) is 7.64. The maximum atomic E-state index is 11.4. The normalized spacial score (nSPS) is 10.6. The molecule has 0 saturated carbocycles. The molecule has 0 unspecified atom stereocenters. The van der Waals surface area contributed by atoms with Crippen molar-refractivity contribution in [3.63, 3.8) is 0 Å². The van der Waals surface area contributed by atoms with Crippen LogP contribution in [0.15, 0.2) is 46.1 Å². The summed E-state index contributed by atoms with van der Waals surface area (Å²) >= 11 is 4.96. The van der Waals surface area contributed by atoms with Gasteiger partial charge in [-0.2, -0.15) is 0 Å². The van der Waals surface area contributed by atoms with Crippen molar-refractivity contribution >= 4 is 45.5 Å². The number of ether oxygens (including phenoxy) is 1. The van der Waals surface area contributed by atoms with Gasteiger partial charge in [0.25, 0.3) is 0 Å². The first-order chi connectivity index (χ1) is 12.2. The highest BCUT2D eigenvalue weighted by Gasteiger charge is 2.07. The third kappa shape index (κ3) is 5.29. The molecule has 0 bridgehead atoms. The van der Waals surface area contributed by atoms with Crippen molar-refractivity contribution in [2.45, 2.75) is 16.5 Å². The van der Waals surface area contributed by atoms with Crippen LogP contribution in [-0.4, -0.2) is 29.8 Å². The molecule has 2 aromatic heterocycles. The number of rotatable bonds is 8. The number of thioether (sulfide) groups is 1. The number of nitrogens with one attached hydrogen (secondary N) is 1. The Morgan fingerprint density at radius 1 is 1.24 bits per heavy atom. The summed E-state index contributed by atoms with van der Waals surface area (Å²) in [6.07, 6.45) is 0.992. The predicted octanol–water partition coefficient (Wildman–Crippen LogP) is 4.33. The van der Waals surface area contributed by atoms with Crippen LogP contribution in [0.5, 0.6) is 0 Å². The Morgan fingerprint density at radius 2 is 2.08 bits per heavy atom. The topological polar surface area (TPSA) is 64.1 Å². The number of nitrogens with zero attached hydrogens (tertiary/aromatic N) is 2. The Bertz CT molecular complexity index is 801. The van der Waals surface area contributed by atoms with Crippen molar-refractivity contribution in [2.24, 2.45) is 0 Å². The zero-order valence-electron chi connectivity index (χ0n) is 13.6. The van der Waals surface area contributed by atoms with Gasteiger partial charge in [0.1, 0.15) is 0 Å². The molecule has 0 aliphatic heterocycles. The number of thiophene rings is 1. The van der Waals surface area contributed by atoms with Crippen molar-refractivity contribution in [3.8, 4) is 0 Å². The van der Waals surface area contributed by atoms with E-state index in [1.54, 1.807) is 46.6 Å². The molecule has 0 aliphatic carbocycles. The van der Waals surface area contributed by atoms with Crippen molar-refractivity contribution in [3.05, 3.63) is 57.8 Å². The molecule has 0 spiro atoms. The Balaban J connectivity index is 1.45. The Labute approximate surface area is 158 Å². The Morgan fingerprint density at radius 3 is 2.80 bits per heavy atom. The lowest BCUT2D eigenvalue weighted by Gasteiger charge is -2.01. The summed E-state index contributed by atoms with van der Waals surface area (Å²) in [6, 6.07) is 11.6. The van der Waals surface area contributed by atoms with Crippen LogP contribution in [0.25, 0.3) is 0 Å². The van der Waals surface area contributed by atoms with E-state index in [1.807, 2.05) is 12.1 Å². The molecule has 3 aromatic rings. The first-order valence-corrected chi connectivity index (χ1v) is 10.3. The van der Waals surface area contributed by atoms with Gasteiger partial charge in [0.2, 0.25) is 5.13 Å². The number of esters is 1. The predicted molar refractivity (Wildman–Crippen MR) is 104 cm³/mol. The Kier molecular flexibility index (Phi) is 6.43. The molecule has 0 saturated heterocycles. The van der Waals surface area contributed by atoms with E-state index in [9.17, 15) is 4.79 Å². The van der Waals surface area contributed by atoms with Crippen LogP contribution in [0.4, 0.5) is 5.13 Å². The molecule has 0 radical (unpaired) electrons. The molecule has 0 fully saturated rings. The summed E-state index contributed by atoms with van der Waals surface area (Å²) < 4.78 is 5.62. The highest BCUT2D eigenvalue weighted by Crippen LogP contribution is 2.28. The summed E-state index contributed by atoms with van der Waals surface area (Å²) in [5.41, 5.74) is 1.68. The smallest absolute Gasteiger partial charge is 0.337 e. The van der Waals surface area contributed by atoms with Gasteiger partial charge in [0.15, 0.2) is 4.34 Å². The summed E-state index contributed by atoms with van der Waals surface area (Å²) in [6.45, 7) is 0.856. The highest BCUT2D eigenvalue weighted by molar-refractivity contribution is 8.00. The molecular formula is C17H17N3O2S3. The number of hydrogen-bond donors (Lipinski definition) is 1. The van der Waals surface area contributed by atoms with Crippen LogP contribution in [-0.2, 0) is 16.9 Å². The van der Waals surface area contributed by atoms with Gasteiger partial charge in [0.05, 0.1) is 12.7 Å². The monoisotopic (exact) mass is 391 g/mol. The molecule has 0 amide bonds. The van der Waals surface area contributed by atoms with Crippen LogP contribution < -0.4 is 5.32 Å². The van der Waals surface area contributed by atoms with E-state index in [2.05, 4.69) is 33.0 Å². The third-order valence-corrected chi connectivity index (χ3v) is 6.39. The molecular weight excluding hydrogens is 374 g/mol. The van der Waals surface area contributed by atoms with Crippen LogP contribution in [0.3, 0.4) is 0 Å². The second kappa shape index (κ2) is 8.98. The molecule has 3 rings (SSSR count). The van der Waals surface area contributed by atoms with Crippen molar-refractivity contribution in [1.29, 1.82) is 0 Å². The number of aromatic nitrogens is 2. The van der Waals surface area contributed by atoms with Gasteiger partial charge in [-0.15, -0.1) is 21.5 Å². The maximum absolute atomic E-state index is 11.4. The minimum atomic E-state index is -0.318. The van der Waals surface area contributed by atoms with Crippen LogP contribution in [0.2, 0.25) is 0 Å². The summed E-state index contributed by atoms with van der Waals surface area (Å²) in [5, 5.41) is 14.6. The molecule has 5 nitrogen and oxygen atoms in total. The quantitative estimate of drug-likeness (QED) is 0.455. The number of methoxy groups -OCH3 is 1. The largest absolute Gasteiger partial charge is 0.465 e. The van der Waals surface area contributed by atoms with Crippen molar-refractivity contribution in [2.75, 3.05) is 19.0 Å². The minimum Gasteiger partial charge on any atom is -0.465 e.